The predicted molar refractivity (Wildman–Crippen MR) is 122 cm³/mol. The van der Waals surface area contributed by atoms with E-state index >= 15 is 0 Å². The first-order chi connectivity index (χ1) is 15.3. The van der Waals surface area contributed by atoms with Gasteiger partial charge in [-0.25, -0.2) is 9.18 Å². The van der Waals surface area contributed by atoms with Gasteiger partial charge in [0.2, 0.25) is 0 Å². The lowest BCUT2D eigenvalue weighted by molar-refractivity contribution is 0.0746. The third kappa shape index (κ3) is 3.82. The number of amides is 1. The maximum Gasteiger partial charge on any atom is 0.335 e. The Balaban J connectivity index is 1.62. The minimum atomic E-state index is -0.576. The molecule has 1 fully saturated rings. The molecule has 1 amide bonds. The van der Waals surface area contributed by atoms with Gasteiger partial charge in [0, 0.05) is 38.8 Å². The number of nitrogens with zero attached hydrogens (tertiary/aromatic N) is 4. The highest BCUT2D eigenvalue weighted by molar-refractivity contribution is 6.31. The molecule has 0 radical (unpaired) electrons. The molecule has 2 aromatic carbocycles. The quantitative estimate of drug-likeness (QED) is 0.607. The minimum Gasteiger partial charge on any atom is -0.362 e. The molecule has 1 aromatic heterocycles. The van der Waals surface area contributed by atoms with Crippen molar-refractivity contribution in [2.24, 2.45) is 7.05 Å². The Hall–Kier alpha value is -3.39. The molecule has 0 N–H and O–H groups in total. The van der Waals surface area contributed by atoms with E-state index in [1.54, 1.807) is 11.8 Å². The summed E-state index contributed by atoms with van der Waals surface area (Å²) < 4.78 is 16.0. The average molecular weight is 457 g/mol. The van der Waals surface area contributed by atoms with Crippen molar-refractivity contribution in [1.82, 2.24) is 14.0 Å². The fraction of sp³-hybridized carbons (Fsp3) is 0.261. The smallest absolute Gasteiger partial charge is 0.335 e. The molecule has 32 heavy (non-hydrogen) atoms. The molecule has 166 valence electrons. The van der Waals surface area contributed by atoms with Crippen molar-refractivity contribution in [3.05, 3.63) is 91.5 Å². The van der Waals surface area contributed by atoms with Crippen LogP contribution in [0.2, 0.25) is 5.02 Å². The van der Waals surface area contributed by atoms with Crippen LogP contribution in [-0.4, -0.2) is 46.1 Å². The van der Waals surface area contributed by atoms with E-state index in [1.807, 2.05) is 35.2 Å². The van der Waals surface area contributed by atoms with E-state index < -0.39 is 11.5 Å². The summed E-state index contributed by atoms with van der Waals surface area (Å²) in [4.78, 5) is 42.1. The molecule has 0 saturated carbocycles. The molecular weight excluding hydrogens is 435 g/mol. The first kappa shape index (κ1) is 21.8. The topological polar surface area (TPSA) is 67.6 Å². The summed E-state index contributed by atoms with van der Waals surface area (Å²) in [7, 11) is 1.46. The first-order valence-corrected chi connectivity index (χ1v) is 10.5. The van der Waals surface area contributed by atoms with Crippen LogP contribution in [-0.2, 0) is 7.05 Å². The van der Waals surface area contributed by atoms with Gasteiger partial charge in [0.05, 0.1) is 16.4 Å². The molecule has 1 aliphatic rings. The van der Waals surface area contributed by atoms with Gasteiger partial charge in [-0.15, -0.1) is 0 Å². The number of carbonyl (C=O) groups is 1. The summed E-state index contributed by atoms with van der Waals surface area (Å²) >= 11 is 5.81. The van der Waals surface area contributed by atoms with Crippen molar-refractivity contribution in [1.29, 1.82) is 0 Å². The van der Waals surface area contributed by atoms with E-state index in [2.05, 4.69) is 0 Å². The number of carbonyl (C=O) groups excluding carboxylic acids is 1. The Morgan fingerprint density at radius 2 is 1.66 bits per heavy atom. The van der Waals surface area contributed by atoms with Gasteiger partial charge in [-0.2, -0.15) is 0 Å². The number of halogens is 2. The Labute approximate surface area is 188 Å². The molecule has 2 heterocycles. The summed E-state index contributed by atoms with van der Waals surface area (Å²) in [5.41, 5.74) is 1.19. The highest BCUT2D eigenvalue weighted by Gasteiger charge is 2.27. The monoisotopic (exact) mass is 456 g/mol. The molecule has 0 atom stereocenters. The summed E-state index contributed by atoms with van der Waals surface area (Å²) in [5, 5.41) is -0.100. The number of rotatable bonds is 3. The van der Waals surface area contributed by atoms with Crippen molar-refractivity contribution in [3.8, 4) is 5.69 Å². The van der Waals surface area contributed by atoms with Crippen LogP contribution in [0.25, 0.3) is 5.69 Å². The molecule has 7 nitrogen and oxygen atoms in total. The zero-order chi connectivity index (χ0) is 23.0. The molecule has 0 bridgehead atoms. The molecule has 1 saturated heterocycles. The standard InChI is InChI=1S/C23H22ClFN4O3/c1-15-20(22(31)26(2)23(32)29(15)17-6-4-3-5-7-17)27-10-12-28(13-11-27)21(30)16-8-9-19(25)18(24)14-16/h3-9,14H,10-13H2,1-2H3. The van der Waals surface area contributed by atoms with E-state index in [0.29, 0.717) is 48.8 Å². The zero-order valence-electron chi connectivity index (χ0n) is 17.7. The average Bonchev–Trinajstić information content (AvgIpc) is 2.80. The lowest BCUT2D eigenvalue weighted by Crippen LogP contribution is -2.52. The highest BCUT2D eigenvalue weighted by atomic mass is 35.5. The van der Waals surface area contributed by atoms with Crippen LogP contribution in [0.15, 0.2) is 58.1 Å². The molecule has 3 aromatic rings. The van der Waals surface area contributed by atoms with Crippen LogP contribution in [0.1, 0.15) is 16.1 Å². The first-order valence-electron chi connectivity index (χ1n) is 10.2. The van der Waals surface area contributed by atoms with Crippen LogP contribution in [0.3, 0.4) is 0 Å². The third-order valence-corrected chi connectivity index (χ3v) is 6.02. The minimum absolute atomic E-state index is 0.100. The number of para-hydroxylation sites is 1. The van der Waals surface area contributed by atoms with Gasteiger partial charge in [0.25, 0.3) is 11.5 Å². The number of anilines is 1. The van der Waals surface area contributed by atoms with E-state index in [-0.39, 0.29) is 16.5 Å². The lowest BCUT2D eigenvalue weighted by atomic mass is 10.1. The van der Waals surface area contributed by atoms with E-state index in [4.69, 9.17) is 11.6 Å². The maximum atomic E-state index is 13.4. The maximum absolute atomic E-state index is 13.4. The molecule has 0 aliphatic carbocycles. The lowest BCUT2D eigenvalue weighted by Gasteiger charge is -2.36. The van der Waals surface area contributed by atoms with Gasteiger partial charge in [-0.3, -0.25) is 18.7 Å². The molecule has 4 rings (SSSR count). The number of hydrogen-bond donors (Lipinski definition) is 0. The van der Waals surface area contributed by atoms with Crippen LogP contribution in [0, 0.1) is 12.7 Å². The van der Waals surface area contributed by atoms with Crippen molar-refractivity contribution in [2.45, 2.75) is 6.92 Å². The summed E-state index contributed by atoms with van der Waals surface area (Å²) in [6.45, 7) is 3.35. The van der Waals surface area contributed by atoms with Crippen molar-refractivity contribution in [2.75, 3.05) is 31.1 Å². The molecule has 0 unspecified atom stereocenters. The van der Waals surface area contributed by atoms with Gasteiger partial charge in [-0.05, 0) is 37.3 Å². The van der Waals surface area contributed by atoms with Crippen LogP contribution in [0.4, 0.5) is 10.1 Å². The Bertz CT molecular complexity index is 1300. The van der Waals surface area contributed by atoms with E-state index in [9.17, 15) is 18.8 Å². The van der Waals surface area contributed by atoms with Crippen LogP contribution < -0.4 is 16.1 Å². The second kappa shape index (κ2) is 8.63. The second-order valence-corrected chi connectivity index (χ2v) is 8.07. The van der Waals surface area contributed by atoms with E-state index in [1.165, 1.54) is 29.8 Å². The van der Waals surface area contributed by atoms with Crippen molar-refractivity contribution in [3.63, 3.8) is 0 Å². The van der Waals surface area contributed by atoms with Crippen LogP contribution >= 0.6 is 11.6 Å². The van der Waals surface area contributed by atoms with E-state index in [0.717, 1.165) is 4.57 Å². The molecule has 0 spiro atoms. The Kier molecular flexibility index (Phi) is 5.88. The number of aromatic nitrogens is 2. The Morgan fingerprint density at radius 1 is 1.00 bits per heavy atom. The van der Waals surface area contributed by atoms with Crippen LogP contribution in [0.5, 0.6) is 0 Å². The fourth-order valence-electron chi connectivity index (χ4n) is 3.99. The van der Waals surface area contributed by atoms with Gasteiger partial charge in [0.1, 0.15) is 11.5 Å². The summed E-state index contributed by atoms with van der Waals surface area (Å²) in [6, 6.07) is 13.0. The summed E-state index contributed by atoms with van der Waals surface area (Å²) in [5.74, 6) is -0.821. The van der Waals surface area contributed by atoms with Gasteiger partial charge < -0.3 is 9.80 Å². The predicted octanol–water partition coefficient (Wildman–Crippen LogP) is 2.60. The van der Waals surface area contributed by atoms with Gasteiger partial charge >= 0.3 is 5.69 Å². The van der Waals surface area contributed by atoms with Crippen molar-refractivity contribution >= 4 is 23.2 Å². The van der Waals surface area contributed by atoms with Gasteiger partial charge in [0.15, 0.2) is 0 Å². The SMILES string of the molecule is Cc1c(N2CCN(C(=O)c3ccc(F)c(Cl)c3)CC2)c(=O)n(C)c(=O)n1-c1ccccc1. The molecule has 9 heteroatoms. The second-order valence-electron chi connectivity index (χ2n) is 7.66. The Morgan fingerprint density at radius 3 is 2.28 bits per heavy atom. The largest absolute Gasteiger partial charge is 0.362 e. The fourth-order valence-corrected chi connectivity index (χ4v) is 4.17. The third-order valence-electron chi connectivity index (χ3n) is 5.73. The number of hydrogen-bond acceptors (Lipinski definition) is 4. The zero-order valence-corrected chi connectivity index (χ0v) is 18.5. The molecular formula is C23H22ClFN4O3. The summed E-state index contributed by atoms with van der Waals surface area (Å²) in [6.07, 6.45) is 0. The highest BCUT2D eigenvalue weighted by Crippen LogP contribution is 2.21. The number of benzene rings is 2. The van der Waals surface area contributed by atoms with Gasteiger partial charge in [-0.1, -0.05) is 29.8 Å². The normalized spacial score (nSPS) is 14.0. The van der Waals surface area contributed by atoms with Crippen molar-refractivity contribution < 1.29 is 9.18 Å². The molecule has 1 aliphatic heterocycles. The number of piperazine rings is 1.